The summed E-state index contributed by atoms with van der Waals surface area (Å²) in [5.41, 5.74) is 3.43. The minimum atomic E-state index is 0.0276. The van der Waals surface area contributed by atoms with Gasteiger partial charge < -0.3 is 14.2 Å². The van der Waals surface area contributed by atoms with Crippen LogP contribution in [0.3, 0.4) is 0 Å². The Hall–Kier alpha value is -2.73. The number of ether oxygens (including phenoxy) is 1. The summed E-state index contributed by atoms with van der Waals surface area (Å²) >= 11 is 1.88. The second kappa shape index (κ2) is 7.59. The van der Waals surface area contributed by atoms with E-state index in [1.165, 1.54) is 5.56 Å². The van der Waals surface area contributed by atoms with E-state index in [0.717, 1.165) is 34.5 Å². The third kappa shape index (κ3) is 3.21. The van der Waals surface area contributed by atoms with Crippen LogP contribution in [0.1, 0.15) is 36.7 Å². The first kappa shape index (κ1) is 18.3. The maximum absolute atomic E-state index is 5.29. The van der Waals surface area contributed by atoms with E-state index in [9.17, 15) is 0 Å². The van der Waals surface area contributed by atoms with E-state index in [2.05, 4.69) is 64.1 Å². The number of rotatable bonds is 5. The van der Waals surface area contributed by atoms with Gasteiger partial charge in [0.05, 0.1) is 18.8 Å². The molecule has 0 amide bonds. The third-order valence-electron chi connectivity index (χ3n) is 5.76. The van der Waals surface area contributed by atoms with Gasteiger partial charge in [-0.05, 0) is 54.4 Å². The van der Waals surface area contributed by atoms with E-state index in [0.29, 0.717) is 6.04 Å². The molecule has 0 N–H and O–H groups in total. The Balaban J connectivity index is 1.52. The van der Waals surface area contributed by atoms with Crippen LogP contribution in [0, 0.1) is 0 Å². The van der Waals surface area contributed by atoms with Crippen molar-refractivity contribution in [2.24, 2.45) is 4.99 Å². The van der Waals surface area contributed by atoms with Gasteiger partial charge in [0.2, 0.25) is 0 Å². The van der Waals surface area contributed by atoms with Crippen LogP contribution in [0.25, 0.3) is 5.69 Å². The molecule has 0 aliphatic carbocycles. The Morgan fingerprint density at radius 1 is 1.14 bits per heavy atom. The molecule has 6 heteroatoms. The molecule has 1 aromatic carbocycles. The highest BCUT2D eigenvalue weighted by molar-refractivity contribution is 8.14. The SMILES string of the molecule is CC[C@@H]1CSC2=N[C@H](c3ccccn3)[C@H](c3ccn(-c4ccc(OC)cc4)c3)N21. The van der Waals surface area contributed by atoms with Gasteiger partial charge in [-0.15, -0.1) is 0 Å². The van der Waals surface area contributed by atoms with E-state index >= 15 is 0 Å². The molecule has 3 atom stereocenters. The molecule has 29 heavy (non-hydrogen) atoms. The maximum Gasteiger partial charge on any atom is 0.160 e. The number of methoxy groups -OCH3 is 1. The van der Waals surface area contributed by atoms with Gasteiger partial charge in [0.1, 0.15) is 11.8 Å². The molecule has 1 fully saturated rings. The van der Waals surface area contributed by atoms with E-state index in [1.54, 1.807) is 7.11 Å². The summed E-state index contributed by atoms with van der Waals surface area (Å²) in [6.07, 6.45) is 7.35. The van der Waals surface area contributed by atoms with Crippen molar-refractivity contribution in [3.05, 3.63) is 78.4 Å². The van der Waals surface area contributed by atoms with Gasteiger partial charge in [0.15, 0.2) is 5.17 Å². The van der Waals surface area contributed by atoms with Crippen molar-refractivity contribution in [1.29, 1.82) is 0 Å². The van der Waals surface area contributed by atoms with Crippen LogP contribution in [0.2, 0.25) is 0 Å². The van der Waals surface area contributed by atoms with Crippen molar-refractivity contribution in [3.8, 4) is 11.4 Å². The smallest absolute Gasteiger partial charge is 0.160 e. The van der Waals surface area contributed by atoms with Crippen molar-refractivity contribution in [1.82, 2.24) is 14.5 Å². The summed E-state index contributed by atoms with van der Waals surface area (Å²) in [6, 6.07) is 17.2. The number of pyridine rings is 1. The van der Waals surface area contributed by atoms with Crippen LogP contribution in [-0.2, 0) is 0 Å². The lowest BCUT2D eigenvalue weighted by molar-refractivity contribution is 0.255. The van der Waals surface area contributed by atoms with Gasteiger partial charge in [-0.1, -0.05) is 24.8 Å². The molecule has 2 aliphatic rings. The molecule has 3 aromatic rings. The molecule has 5 nitrogen and oxygen atoms in total. The van der Waals surface area contributed by atoms with Gasteiger partial charge in [-0.3, -0.25) is 9.98 Å². The normalized spacial score (nSPS) is 23.2. The Labute approximate surface area is 175 Å². The first-order valence-electron chi connectivity index (χ1n) is 10.0. The minimum Gasteiger partial charge on any atom is -0.497 e. The van der Waals surface area contributed by atoms with E-state index in [1.807, 2.05) is 36.2 Å². The number of fused-ring (bicyclic) bond motifs is 1. The van der Waals surface area contributed by atoms with Crippen molar-refractivity contribution in [2.75, 3.05) is 12.9 Å². The average molecular weight is 405 g/mol. The summed E-state index contributed by atoms with van der Waals surface area (Å²) in [6.45, 7) is 2.27. The number of aliphatic imine (C=N–C) groups is 1. The predicted octanol–water partition coefficient (Wildman–Crippen LogP) is 4.86. The van der Waals surface area contributed by atoms with Gasteiger partial charge in [-0.2, -0.15) is 0 Å². The van der Waals surface area contributed by atoms with Gasteiger partial charge in [0, 0.05) is 36.1 Å². The fourth-order valence-corrected chi connectivity index (χ4v) is 5.55. The minimum absolute atomic E-state index is 0.0276. The van der Waals surface area contributed by atoms with Crippen molar-refractivity contribution in [2.45, 2.75) is 31.5 Å². The molecule has 0 spiro atoms. The number of nitrogens with zero attached hydrogens (tertiary/aromatic N) is 4. The summed E-state index contributed by atoms with van der Waals surface area (Å²) in [4.78, 5) is 12.3. The lowest BCUT2D eigenvalue weighted by Crippen LogP contribution is -2.35. The Morgan fingerprint density at radius 3 is 2.72 bits per heavy atom. The molecule has 2 aromatic heterocycles. The summed E-state index contributed by atoms with van der Waals surface area (Å²) in [5, 5.41) is 1.16. The van der Waals surface area contributed by atoms with Crippen LogP contribution >= 0.6 is 11.8 Å². The molecular weight excluding hydrogens is 380 g/mol. The molecule has 0 bridgehead atoms. The first-order chi connectivity index (χ1) is 14.3. The van der Waals surface area contributed by atoms with Crippen LogP contribution in [0.5, 0.6) is 5.75 Å². The van der Waals surface area contributed by atoms with Gasteiger partial charge in [-0.25, -0.2) is 0 Å². The van der Waals surface area contributed by atoms with Crippen LogP contribution in [0.4, 0.5) is 0 Å². The molecule has 0 saturated carbocycles. The standard InChI is InChI=1S/C23H24N4OS/c1-3-17-15-29-23-25-21(20-6-4-5-12-24-20)22(27(17)23)16-11-13-26(14-16)18-7-9-19(28-2)10-8-18/h4-14,17,21-22H,3,15H2,1-2H3/t17-,21-,22+/m1/s1. The molecule has 0 unspecified atom stereocenters. The Kier molecular flexibility index (Phi) is 4.79. The highest BCUT2D eigenvalue weighted by Crippen LogP contribution is 2.48. The van der Waals surface area contributed by atoms with Crippen molar-refractivity contribution in [3.63, 3.8) is 0 Å². The monoisotopic (exact) mass is 404 g/mol. The Morgan fingerprint density at radius 2 is 2.00 bits per heavy atom. The second-order valence-corrected chi connectivity index (χ2v) is 8.37. The van der Waals surface area contributed by atoms with Gasteiger partial charge >= 0.3 is 0 Å². The van der Waals surface area contributed by atoms with E-state index in [4.69, 9.17) is 9.73 Å². The zero-order chi connectivity index (χ0) is 19.8. The van der Waals surface area contributed by atoms with Crippen LogP contribution < -0.4 is 4.74 Å². The topological polar surface area (TPSA) is 42.6 Å². The number of hydrogen-bond donors (Lipinski definition) is 0. The van der Waals surface area contributed by atoms with Crippen LogP contribution in [0.15, 0.2) is 72.1 Å². The van der Waals surface area contributed by atoms with E-state index in [-0.39, 0.29) is 12.1 Å². The molecule has 1 saturated heterocycles. The number of thioether (sulfide) groups is 1. The fourth-order valence-electron chi connectivity index (χ4n) is 4.21. The Bertz CT molecular complexity index is 1010. The number of aromatic nitrogens is 2. The zero-order valence-electron chi connectivity index (χ0n) is 16.6. The van der Waals surface area contributed by atoms with Crippen LogP contribution in [-0.4, -0.2) is 38.5 Å². The summed E-state index contributed by atoms with van der Waals surface area (Å²) in [5.74, 6) is 1.98. The lowest BCUT2D eigenvalue weighted by atomic mass is 9.97. The van der Waals surface area contributed by atoms with Crippen molar-refractivity contribution >= 4 is 16.9 Å². The first-order valence-corrected chi connectivity index (χ1v) is 11.0. The highest BCUT2D eigenvalue weighted by atomic mass is 32.2. The largest absolute Gasteiger partial charge is 0.497 e. The molecule has 2 aliphatic heterocycles. The summed E-state index contributed by atoms with van der Waals surface area (Å²) in [7, 11) is 1.69. The summed E-state index contributed by atoms with van der Waals surface area (Å²) < 4.78 is 7.46. The third-order valence-corrected chi connectivity index (χ3v) is 6.88. The highest BCUT2D eigenvalue weighted by Gasteiger charge is 2.45. The fraction of sp³-hybridized carbons (Fsp3) is 0.304. The van der Waals surface area contributed by atoms with E-state index < -0.39 is 0 Å². The molecule has 4 heterocycles. The van der Waals surface area contributed by atoms with Crippen molar-refractivity contribution < 1.29 is 4.74 Å². The predicted molar refractivity (Wildman–Crippen MR) is 118 cm³/mol. The number of amidine groups is 1. The molecular formula is C23H24N4OS. The molecule has 0 radical (unpaired) electrons. The van der Waals surface area contributed by atoms with Gasteiger partial charge in [0.25, 0.3) is 0 Å². The second-order valence-electron chi connectivity index (χ2n) is 7.39. The zero-order valence-corrected chi connectivity index (χ0v) is 17.4. The average Bonchev–Trinajstić information content (AvgIpc) is 3.49. The quantitative estimate of drug-likeness (QED) is 0.609. The maximum atomic E-state index is 5.29. The molecule has 5 rings (SSSR count). The molecule has 148 valence electrons. The number of hydrogen-bond acceptors (Lipinski definition) is 5. The number of benzene rings is 1. The lowest BCUT2D eigenvalue weighted by Gasteiger charge is -2.31.